The molecule has 0 aromatic heterocycles. The zero-order valence-electron chi connectivity index (χ0n) is 16.8. The van der Waals surface area contributed by atoms with Crippen LogP contribution in [0.1, 0.15) is 46.5 Å². The minimum absolute atomic E-state index is 0.0823. The first-order valence-electron chi connectivity index (χ1n) is 9.87. The average molecular weight is 477 g/mol. The van der Waals surface area contributed by atoms with Crippen LogP contribution in [-0.2, 0) is 9.59 Å². The summed E-state index contributed by atoms with van der Waals surface area (Å²) in [5, 5.41) is 14.5. The van der Waals surface area contributed by atoms with Gasteiger partial charge in [-0.3, -0.25) is 9.59 Å². The summed E-state index contributed by atoms with van der Waals surface area (Å²) in [6.07, 6.45) is 3.47. The molecule has 0 unspecified atom stereocenters. The Hall–Kier alpha value is -1.67. The molecule has 2 aliphatic carbocycles. The Morgan fingerprint density at radius 2 is 2.00 bits per heavy atom. The molecule has 3 aliphatic rings. The fraction of sp³-hybridized carbons (Fsp3) is 0.524. The first-order valence-corrected chi connectivity index (χ1v) is 11.5. The van der Waals surface area contributed by atoms with Gasteiger partial charge in [0.15, 0.2) is 5.17 Å². The molecule has 1 aliphatic heterocycles. The third kappa shape index (κ3) is 3.77. The van der Waals surface area contributed by atoms with Crippen molar-refractivity contribution in [1.82, 2.24) is 5.32 Å². The fourth-order valence-corrected chi connectivity index (χ4v) is 5.87. The number of thioether (sulfide) groups is 1. The van der Waals surface area contributed by atoms with E-state index in [-0.39, 0.29) is 29.1 Å². The van der Waals surface area contributed by atoms with E-state index < -0.39 is 5.25 Å². The zero-order valence-corrected chi connectivity index (χ0v) is 19.2. The van der Waals surface area contributed by atoms with Crippen molar-refractivity contribution in [2.75, 3.05) is 5.32 Å². The summed E-state index contributed by atoms with van der Waals surface area (Å²) < 4.78 is 0.941. The SMILES string of the molecule is CC1(C)[C@H]2CC[C@]1(C)/C(=N/N=C1\NC(=O)[C@@H](CC(=O)Nc3ccc(Br)cc3)S1)C2. The molecular weight excluding hydrogens is 452 g/mol. The molecule has 1 heterocycles. The highest BCUT2D eigenvalue weighted by molar-refractivity contribution is 9.10. The summed E-state index contributed by atoms with van der Waals surface area (Å²) >= 11 is 4.64. The smallest absolute Gasteiger partial charge is 0.240 e. The molecule has 1 aromatic rings. The number of halogens is 1. The Labute approximate surface area is 183 Å². The molecule has 0 radical (unpaired) electrons. The number of carbonyl (C=O) groups excluding carboxylic acids is 2. The molecule has 29 heavy (non-hydrogen) atoms. The number of amidine groups is 1. The predicted octanol–water partition coefficient (Wildman–Crippen LogP) is 4.57. The van der Waals surface area contributed by atoms with Gasteiger partial charge in [-0.25, -0.2) is 0 Å². The number of nitrogens with zero attached hydrogens (tertiary/aromatic N) is 2. The number of amides is 2. The third-order valence-electron chi connectivity index (χ3n) is 7.05. The van der Waals surface area contributed by atoms with Gasteiger partial charge in [-0.2, -0.15) is 5.10 Å². The van der Waals surface area contributed by atoms with Crippen LogP contribution < -0.4 is 10.6 Å². The summed E-state index contributed by atoms with van der Waals surface area (Å²) in [5.41, 5.74) is 2.16. The molecule has 1 aromatic carbocycles. The number of hydrogen-bond donors (Lipinski definition) is 2. The van der Waals surface area contributed by atoms with Crippen LogP contribution in [0, 0.1) is 16.7 Å². The molecule has 3 atom stereocenters. The fourth-order valence-electron chi connectivity index (χ4n) is 4.69. The van der Waals surface area contributed by atoms with Gasteiger partial charge in [-0.15, -0.1) is 5.10 Å². The maximum atomic E-state index is 12.3. The predicted molar refractivity (Wildman–Crippen MR) is 121 cm³/mol. The Kier molecular flexibility index (Phi) is 5.36. The van der Waals surface area contributed by atoms with E-state index in [1.165, 1.54) is 18.2 Å². The number of hydrogen-bond acceptors (Lipinski definition) is 5. The molecule has 2 bridgehead atoms. The van der Waals surface area contributed by atoms with Crippen LogP contribution in [0.2, 0.25) is 0 Å². The number of anilines is 1. The van der Waals surface area contributed by atoms with Gasteiger partial charge >= 0.3 is 0 Å². The van der Waals surface area contributed by atoms with Crippen LogP contribution in [0.25, 0.3) is 0 Å². The molecule has 2 saturated carbocycles. The second-order valence-corrected chi connectivity index (χ2v) is 10.9. The maximum Gasteiger partial charge on any atom is 0.240 e. The topological polar surface area (TPSA) is 82.9 Å². The number of carbonyl (C=O) groups is 2. The molecule has 154 valence electrons. The molecule has 0 spiro atoms. The Morgan fingerprint density at radius 3 is 2.62 bits per heavy atom. The lowest BCUT2D eigenvalue weighted by Gasteiger charge is -2.34. The number of rotatable bonds is 4. The largest absolute Gasteiger partial charge is 0.326 e. The summed E-state index contributed by atoms with van der Waals surface area (Å²) in [6, 6.07) is 7.33. The van der Waals surface area contributed by atoms with Crippen molar-refractivity contribution < 1.29 is 9.59 Å². The Balaban J connectivity index is 1.38. The normalized spacial score (nSPS) is 32.8. The first kappa shape index (κ1) is 20.6. The summed E-state index contributed by atoms with van der Waals surface area (Å²) in [5.74, 6) is 0.265. The molecule has 8 heteroatoms. The van der Waals surface area contributed by atoms with E-state index in [2.05, 4.69) is 57.5 Å². The molecule has 2 amide bonds. The minimum Gasteiger partial charge on any atom is -0.326 e. The lowest BCUT2D eigenvalue weighted by Crippen LogP contribution is -2.32. The van der Waals surface area contributed by atoms with E-state index in [1.807, 2.05) is 24.3 Å². The first-order chi connectivity index (χ1) is 13.7. The Morgan fingerprint density at radius 1 is 1.28 bits per heavy atom. The number of nitrogens with one attached hydrogen (secondary N) is 2. The average Bonchev–Trinajstić information content (AvgIpc) is 3.18. The van der Waals surface area contributed by atoms with Crippen molar-refractivity contribution in [3.8, 4) is 0 Å². The van der Waals surface area contributed by atoms with Crippen LogP contribution in [0.3, 0.4) is 0 Å². The lowest BCUT2D eigenvalue weighted by atomic mass is 9.70. The van der Waals surface area contributed by atoms with Crippen molar-refractivity contribution in [3.05, 3.63) is 28.7 Å². The van der Waals surface area contributed by atoms with Gasteiger partial charge in [0.1, 0.15) is 5.25 Å². The van der Waals surface area contributed by atoms with Crippen LogP contribution in [0.4, 0.5) is 5.69 Å². The quantitative estimate of drug-likeness (QED) is 0.624. The third-order valence-corrected chi connectivity index (χ3v) is 8.65. The molecular formula is C21H25BrN4O2S. The number of fused-ring (bicyclic) bond motifs is 2. The van der Waals surface area contributed by atoms with Gasteiger partial charge in [0.2, 0.25) is 11.8 Å². The van der Waals surface area contributed by atoms with E-state index in [1.54, 1.807) is 0 Å². The van der Waals surface area contributed by atoms with Crippen molar-refractivity contribution in [1.29, 1.82) is 0 Å². The highest BCUT2D eigenvalue weighted by Gasteiger charge is 2.60. The van der Waals surface area contributed by atoms with Crippen molar-refractivity contribution in [3.63, 3.8) is 0 Å². The summed E-state index contributed by atoms with van der Waals surface area (Å²) in [7, 11) is 0. The van der Waals surface area contributed by atoms with Crippen LogP contribution in [-0.4, -0.2) is 27.9 Å². The van der Waals surface area contributed by atoms with E-state index >= 15 is 0 Å². The van der Waals surface area contributed by atoms with Crippen LogP contribution in [0.5, 0.6) is 0 Å². The van der Waals surface area contributed by atoms with Crippen LogP contribution in [0.15, 0.2) is 38.9 Å². The number of benzene rings is 1. The summed E-state index contributed by atoms with van der Waals surface area (Å²) in [4.78, 5) is 24.5. The van der Waals surface area contributed by atoms with Gasteiger partial charge in [0, 0.05) is 27.7 Å². The second kappa shape index (κ2) is 7.54. The maximum absolute atomic E-state index is 12.3. The minimum atomic E-state index is -0.489. The lowest BCUT2D eigenvalue weighted by molar-refractivity contribution is -0.122. The van der Waals surface area contributed by atoms with Crippen LogP contribution >= 0.6 is 27.7 Å². The molecule has 1 saturated heterocycles. The molecule has 2 N–H and O–H groups in total. The highest BCUT2D eigenvalue weighted by atomic mass is 79.9. The molecule has 4 rings (SSSR count). The van der Waals surface area contributed by atoms with E-state index in [4.69, 9.17) is 0 Å². The molecule has 6 nitrogen and oxygen atoms in total. The zero-order chi connectivity index (χ0) is 20.8. The van der Waals surface area contributed by atoms with Crippen molar-refractivity contribution in [2.24, 2.45) is 27.0 Å². The highest BCUT2D eigenvalue weighted by Crippen LogP contribution is 2.64. The Bertz CT molecular complexity index is 912. The van der Waals surface area contributed by atoms with Gasteiger partial charge in [-0.1, -0.05) is 48.5 Å². The van der Waals surface area contributed by atoms with Gasteiger partial charge in [-0.05, 0) is 54.9 Å². The van der Waals surface area contributed by atoms with E-state index in [9.17, 15) is 9.59 Å². The van der Waals surface area contributed by atoms with Gasteiger partial charge in [0.05, 0.1) is 0 Å². The van der Waals surface area contributed by atoms with Gasteiger partial charge < -0.3 is 10.6 Å². The van der Waals surface area contributed by atoms with E-state index in [0.717, 1.165) is 23.0 Å². The standard InChI is InChI=1S/C21H25BrN4O2S/c1-20(2)12-8-9-21(20,3)16(10-12)25-26-19-24-18(28)15(29-19)11-17(27)23-14-6-4-13(22)5-7-14/h4-7,12,15H,8-11H2,1-3H3,(H,23,27)(H,24,26,28)/b25-16+/t12-,15+,21+/m0/s1. The van der Waals surface area contributed by atoms with E-state index in [0.29, 0.717) is 16.8 Å². The van der Waals surface area contributed by atoms with Crippen molar-refractivity contribution >= 4 is 56.1 Å². The van der Waals surface area contributed by atoms with Gasteiger partial charge in [0.25, 0.3) is 0 Å². The summed E-state index contributed by atoms with van der Waals surface area (Å²) in [6.45, 7) is 6.94. The second-order valence-electron chi connectivity index (χ2n) is 8.80. The molecule has 3 fully saturated rings. The van der Waals surface area contributed by atoms with Crippen molar-refractivity contribution in [2.45, 2.75) is 51.7 Å². The monoisotopic (exact) mass is 476 g/mol.